The molecule has 3 rings (SSSR count). The average molecular weight is 312 g/mol. The summed E-state index contributed by atoms with van der Waals surface area (Å²) < 4.78 is 11.7. The molecule has 0 fully saturated rings. The van der Waals surface area contributed by atoms with E-state index in [1.165, 1.54) is 5.56 Å². The van der Waals surface area contributed by atoms with Crippen molar-refractivity contribution in [3.05, 3.63) is 54.1 Å². The molecule has 3 N–H and O–H groups in total. The molecule has 0 aliphatic carbocycles. The summed E-state index contributed by atoms with van der Waals surface area (Å²) >= 11 is 0. The third-order valence-electron chi connectivity index (χ3n) is 4.00. The number of anilines is 1. The summed E-state index contributed by atoms with van der Waals surface area (Å²) in [6.07, 6.45) is 3.39. The highest BCUT2D eigenvalue weighted by Crippen LogP contribution is 2.26. The van der Waals surface area contributed by atoms with E-state index >= 15 is 0 Å². The van der Waals surface area contributed by atoms with Gasteiger partial charge in [-0.25, -0.2) is 0 Å². The lowest BCUT2D eigenvalue weighted by atomic mass is 10.0. The number of aryl methyl sites for hydroxylation is 1. The summed E-state index contributed by atoms with van der Waals surface area (Å²) in [7, 11) is 0. The molecular formula is C19H24N2O2. The minimum atomic E-state index is 0.264. The van der Waals surface area contributed by atoms with Crippen LogP contribution in [0.3, 0.4) is 0 Å². The van der Waals surface area contributed by atoms with Crippen LogP contribution in [0.5, 0.6) is 11.5 Å². The van der Waals surface area contributed by atoms with Gasteiger partial charge in [-0.3, -0.25) is 0 Å². The Morgan fingerprint density at radius 1 is 1.17 bits per heavy atom. The van der Waals surface area contributed by atoms with Gasteiger partial charge in [0.15, 0.2) is 0 Å². The molecule has 2 aromatic carbocycles. The second-order valence-electron chi connectivity index (χ2n) is 5.86. The summed E-state index contributed by atoms with van der Waals surface area (Å²) in [6.45, 7) is 2.49. The fraction of sp³-hybridized carbons (Fsp3) is 0.368. The maximum Gasteiger partial charge on any atom is 0.122 e. The number of fused-ring (bicyclic) bond motifs is 1. The fourth-order valence-electron chi connectivity index (χ4n) is 2.78. The summed E-state index contributed by atoms with van der Waals surface area (Å²) in [6, 6.07) is 15.8. The SMILES string of the molecule is Nc1cccc(OCCCNC[C@H]2CCc3ccccc3O2)c1. The van der Waals surface area contributed by atoms with Gasteiger partial charge in [0.1, 0.15) is 17.6 Å². The summed E-state index contributed by atoms with van der Waals surface area (Å²) in [5, 5.41) is 3.45. The Kier molecular flexibility index (Phi) is 5.37. The zero-order valence-electron chi connectivity index (χ0n) is 13.3. The van der Waals surface area contributed by atoms with Gasteiger partial charge in [-0.05, 0) is 49.6 Å². The molecule has 0 spiro atoms. The van der Waals surface area contributed by atoms with Crippen molar-refractivity contribution in [1.82, 2.24) is 5.32 Å². The van der Waals surface area contributed by atoms with Gasteiger partial charge in [0, 0.05) is 18.3 Å². The molecule has 1 aliphatic rings. The molecule has 0 bridgehead atoms. The summed E-state index contributed by atoms with van der Waals surface area (Å²) in [5.41, 5.74) is 7.77. The quantitative estimate of drug-likeness (QED) is 0.609. The fourth-order valence-corrected chi connectivity index (χ4v) is 2.78. The largest absolute Gasteiger partial charge is 0.493 e. The Balaban J connectivity index is 1.30. The molecule has 0 aromatic heterocycles. The number of benzene rings is 2. The van der Waals surface area contributed by atoms with Crippen molar-refractivity contribution in [3.63, 3.8) is 0 Å². The van der Waals surface area contributed by atoms with Gasteiger partial charge in [-0.2, -0.15) is 0 Å². The average Bonchev–Trinajstić information content (AvgIpc) is 2.58. The van der Waals surface area contributed by atoms with Crippen molar-refractivity contribution < 1.29 is 9.47 Å². The Labute approximate surface area is 137 Å². The lowest BCUT2D eigenvalue weighted by Crippen LogP contribution is -2.34. The molecule has 4 nitrogen and oxygen atoms in total. The van der Waals surface area contributed by atoms with Crippen LogP contribution in [0, 0.1) is 0 Å². The van der Waals surface area contributed by atoms with E-state index in [-0.39, 0.29) is 6.10 Å². The molecule has 1 atom stereocenters. The Morgan fingerprint density at radius 2 is 2.09 bits per heavy atom. The molecule has 0 saturated heterocycles. The van der Waals surface area contributed by atoms with Crippen LogP contribution in [0.1, 0.15) is 18.4 Å². The van der Waals surface area contributed by atoms with Gasteiger partial charge in [0.25, 0.3) is 0 Å². The van der Waals surface area contributed by atoms with Crippen LogP contribution >= 0.6 is 0 Å². The van der Waals surface area contributed by atoms with Gasteiger partial charge in [0.05, 0.1) is 6.61 Å². The van der Waals surface area contributed by atoms with E-state index < -0.39 is 0 Å². The molecule has 23 heavy (non-hydrogen) atoms. The molecule has 0 unspecified atom stereocenters. The van der Waals surface area contributed by atoms with Crippen LogP contribution in [0.25, 0.3) is 0 Å². The minimum Gasteiger partial charge on any atom is -0.493 e. The number of ether oxygens (including phenoxy) is 2. The van der Waals surface area contributed by atoms with E-state index in [9.17, 15) is 0 Å². The van der Waals surface area contributed by atoms with Crippen LogP contribution in [0.4, 0.5) is 5.69 Å². The number of hydrogen-bond donors (Lipinski definition) is 2. The second-order valence-corrected chi connectivity index (χ2v) is 5.86. The lowest BCUT2D eigenvalue weighted by Gasteiger charge is -2.26. The van der Waals surface area contributed by atoms with Gasteiger partial charge in [-0.1, -0.05) is 24.3 Å². The van der Waals surface area contributed by atoms with Gasteiger partial charge in [-0.15, -0.1) is 0 Å². The van der Waals surface area contributed by atoms with E-state index in [1.54, 1.807) is 0 Å². The highest BCUT2D eigenvalue weighted by molar-refractivity contribution is 5.43. The zero-order valence-corrected chi connectivity index (χ0v) is 13.3. The minimum absolute atomic E-state index is 0.264. The summed E-state index contributed by atoms with van der Waals surface area (Å²) in [5.74, 6) is 1.87. The number of nitrogen functional groups attached to an aromatic ring is 1. The van der Waals surface area contributed by atoms with Crippen LogP contribution in [0.2, 0.25) is 0 Å². The lowest BCUT2D eigenvalue weighted by molar-refractivity contribution is 0.169. The maximum absolute atomic E-state index is 6.01. The molecule has 1 aliphatic heterocycles. The molecule has 0 saturated carbocycles. The van der Waals surface area contributed by atoms with Crippen LogP contribution < -0.4 is 20.5 Å². The highest BCUT2D eigenvalue weighted by Gasteiger charge is 2.18. The number of nitrogens with one attached hydrogen (secondary N) is 1. The number of hydrogen-bond acceptors (Lipinski definition) is 4. The van der Waals surface area contributed by atoms with Crippen molar-refractivity contribution in [2.24, 2.45) is 0 Å². The molecule has 1 heterocycles. The Hall–Kier alpha value is -2.20. The first-order valence-corrected chi connectivity index (χ1v) is 8.25. The van der Waals surface area contributed by atoms with E-state index in [4.69, 9.17) is 15.2 Å². The molecular weight excluding hydrogens is 288 g/mol. The van der Waals surface area contributed by atoms with Crippen molar-refractivity contribution in [3.8, 4) is 11.5 Å². The first-order chi connectivity index (χ1) is 11.3. The Morgan fingerprint density at radius 3 is 3.00 bits per heavy atom. The standard InChI is InChI=1S/C19H24N2O2/c20-16-6-3-7-17(13-16)22-12-4-11-21-14-18-10-9-15-5-1-2-8-19(15)23-18/h1-3,5-8,13,18,21H,4,9-12,14,20H2/t18-/m1/s1. The Bertz CT molecular complexity index is 630. The van der Waals surface area contributed by atoms with Crippen molar-refractivity contribution >= 4 is 5.69 Å². The highest BCUT2D eigenvalue weighted by atomic mass is 16.5. The third-order valence-corrected chi connectivity index (χ3v) is 4.00. The number of para-hydroxylation sites is 1. The molecule has 2 aromatic rings. The molecule has 0 amide bonds. The normalized spacial score (nSPS) is 16.4. The molecule has 4 heteroatoms. The van der Waals surface area contributed by atoms with E-state index in [2.05, 4.69) is 23.5 Å². The first kappa shape index (κ1) is 15.7. The molecule has 0 radical (unpaired) electrons. The first-order valence-electron chi connectivity index (χ1n) is 8.25. The monoisotopic (exact) mass is 312 g/mol. The predicted molar refractivity (Wildman–Crippen MR) is 93.0 cm³/mol. The van der Waals surface area contributed by atoms with Crippen LogP contribution in [0.15, 0.2) is 48.5 Å². The van der Waals surface area contributed by atoms with Gasteiger partial charge >= 0.3 is 0 Å². The number of nitrogens with two attached hydrogens (primary N) is 1. The van der Waals surface area contributed by atoms with Crippen LogP contribution in [-0.4, -0.2) is 25.8 Å². The predicted octanol–water partition coefficient (Wildman–Crippen LogP) is 3.02. The second kappa shape index (κ2) is 7.88. The van der Waals surface area contributed by atoms with Crippen molar-refractivity contribution in [1.29, 1.82) is 0 Å². The van der Waals surface area contributed by atoms with E-state index in [0.717, 1.165) is 49.5 Å². The van der Waals surface area contributed by atoms with Gasteiger partial charge in [0.2, 0.25) is 0 Å². The van der Waals surface area contributed by atoms with Crippen LogP contribution in [-0.2, 0) is 6.42 Å². The maximum atomic E-state index is 6.01. The van der Waals surface area contributed by atoms with Crippen molar-refractivity contribution in [2.75, 3.05) is 25.4 Å². The topological polar surface area (TPSA) is 56.5 Å². The van der Waals surface area contributed by atoms with Crippen molar-refractivity contribution in [2.45, 2.75) is 25.4 Å². The number of rotatable bonds is 7. The molecule has 122 valence electrons. The zero-order chi connectivity index (χ0) is 15.9. The van der Waals surface area contributed by atoms with Gasteiger partial charge < -0.3 is 20.5 Å². The van der Waals surface area contributed by atoms with E-state index in [1.807, 2.05) is 30.3 Å². The summed E-state index contributed by atoms with van der Waals surface area (Å²) in [4.78, 5) is 0. The van der Waals surface area contributed by atoms with E-state index in [0.29, 0.717) is 6.61 Å². The third kappa shape index (κ3) is 4.63. The smallest absolute Gasteiger partial charge is 0.122 e.